The number of rotatable bonds is 4. The van der Waals surface area contributed by atoms with Crippen LogP contribution in [0.25, 0.3) is 0 Å². The molecule has 0 heterocycles. The molecule has 1 aromatic rings. The van der Waals surface area contributed by atoms with E-state index in [0.717, 1.165) is 0 Å². The van der Waals surface area contributed by atoms with Gasteiger partial charge in [0.15, 0.2) is 0 Å². The van der Waals surface area contributed by atoms with Crippen molar-refractivity contribution in [1.82, 2.24) is 10.4 Å². The van der Waals surface area contributed by atoms with Crippen molar-refractivity contribution < 1.29 is 4.79 Å². The van der Waals surface area contributed by atoms with E-state index in [4.69, 9.17) is 11.6 Å². The summed E-state index contributed by atoms with van der Waals surface area (Å²) in [6.45, 7) is 0.220. The van der Waals surface area contributed by atoms with Crippen LogP contribution in [0.1, 0.15) is 0 Å². The molecule has 0 aliphatic heterocycles. The van der Waals surface area contributed by atoms with Gasteiger partial charge in [-0.25, -0.2) is 5.43 Å². The molecule has 4 nitrogen and oxygen atoms in total. The number of nitrogens with one attached hydrogen (secondary N) is 2. The number of anilines is 1. The molecule has 0 aliphatic carbocycles. The van der Waals surface area contributed by atoms with Gasteiger partial charge in [0.2, 0.25) is 5.91 Å². The molecule has 0 aliphatic rings. The van der Waals surface area contributed by atoms with Crippen LogP contribution in [0.15, 0.2) is 24.3 Å². The fourth-order valence-electron chi connectivity index (χ4n) is 0.987. The molecule has 1 aromatic carbocycles. The van der Waals surface area contributed by atoms with E-state index in [-0.39, 0.29) is 12.5 Å². The average Bonchev–Trinajstić information content (AvgIpc) is 2.18. The second kappa shape index (κ2) is 5.70. The Morgan fingerprint density at radius 1 is 1.40 bits per heavy atom. The Bertz CT molecular complexity index is 341. The molecule has 0 saturated carbocycles. The molecule has 5 heteroatoms. The smallest absolute Gasteiger partial charge is 0.239 e. The average molecular weight is 228 g/mol. The van der Waals surface area contributed by atoms with Crippen molar-refractivity contribution in [3.05, 3.63) is 29.3 Å². The summed E-state index contributed by atoms with van der Waals surface area (Å²) in [5, 5.41) is 4.96. The van der Waals surface area contributed by atoms with Gasteiger partial charge in [-0.05, 0) is 12.1 Å². The minimum Gasteiger partial charge on any atom is -0.324 e. The van der Waals surface area contributed by atoms with E-state index in [0.29, 0.717) is 10.7 Å². The highest BCUT2D eigenvalue weighted by Crippen LogP contribution is 2.19. The molecule has 0 spiro atoms. The summed E-state index contributed by atoms with van der Waals surface area (Å²) in [5.41, 5.74) is 3.49. The number of benzene rings is 1. The summed E-state index contributed by atoms with van der Waals surface area (Å²) < 4.78 is 0. The second-order valence-electron chi connectivity index (χ2n) is 3.26. The lowest BCUT2D eigenvalue weighted by Crippen LogP contribution is -2.37. The summed E-state index contributed by atoms with van der Waals surface area (Å²) in [7, 11) is 3.64. The van der Waals surface area contributed by atoms with Gasteiger partial charge in [0.1, 0.15) is 0 Å². The number of para-hydroxylation sites is 1. The Balaban J connectivity index is 2.48. The first-order chi connectivity index (χ1) is 7.09. The molecule has 0 unspecified atom stereocenters. The van der Waals surface area contributed by atoms with Crippen LogP contribution in [-0.2, 0) is 4.79 Å². The first-order valence-electron chi connectivity index (χ1n) is 4.55. The van der Waals surface area contributed by atoms with Crippen molar-refractivity contribution in [3.8, 4) is 0 Å². The molecule has 1 rings (SSSR count). The number of hydrogen-bond donors (Lipinski definition) is 2. The topological polar surface area (TPSA) is 44.4 Å². The van der Waals surface area contributed by atoms with E-state index >= 15 is 0 Å². The second-order valence-corrected chi connectivity index (χ2v) is 3.66. The van der Waals surface area contributed by atoms with Crippen LogP contribution in [0, 0.1) is 0 Å². The highest BCUT2D eigenvalue weighted by atomic mass is 35.5. The van der Waals surface area contributed by atoms with E-state index in [1.165, 1.54) is 0 Å². The predicted molar refractivity (Wildman–Crippen MR) is 61.8 cm³/mol. The molecule has 2 N–H and O–H groups in total. The zero-order valence-electron chi connectivity index (χ0n) is 8.75. The van der Waals surface area contributed by atoms with E-state index in [1.54, 1.807) is 17.1 Å². The maximum absolute atomic E-state index is 11.4. The number of carbonyl (C=O) groups is 1. The summed E-state index contributed by atoms with van der Waals surface area (Å²) in [6.07, 6.45) is 0. The standard InChI is InChI=1S/C10H14ClN3O/c1-14(2)12-7-10(15)13-9-6-4-3-5-8(9)11/h3-6,12H,7H2,1-2H3,(H,13,15). The lowest BCUT2D eigenvalue weighted by molar-refractivity contribution is -0.116. The third kappa shape index (κ3) is 4.29. The zero-order chi connectivity index (χ0) is 11.3. The van der Waals surface area contributed by atoms with Gasteiger partial charge in [0.05, 0.1) is 17.3 Å². The normalized spacial score (nSPS) is 10.4. The molecular formula is C10H14ClN3O. The third-order valence-electron chi connectivity index (χ3n) is 1.70. The van der Waals surface area contributed by atoms with Crippen molar-refractivity contribution in [2.75, 3.05) is 26.0 Å². The molecule has 0 aromatic heterocycles. The van der Waals surface area contributed by atoms with Crippen LogP contribution >= 0.6 is 11.6 Å². The largest absolute Gasteiger partial charge is 0.324 e. The minimum atomic E-state index is -0.128. The Hall–Kier alpha value is -1.10. The SMILES string of the molecule is CN(C)NCC(=O)Nc1ccccc1Cl. The molecular weight excluding hydrogens is 214 g/mol. The first-order valence-corrected chi connectivity index (χ1v) is 4.92. The molecule has 82 valence electrons. The van der Waals surface area contributed by atoms with Crippen LogP contribution < -0.4 is 10.7 Å². The summed E-state index contributed by atoms with van der Waals surface area (Å²) in [6, 6.07) is 7.13. The predicted octanol–water partition coefficient (Wildman–Crippen LogP) is 1.34. The van der Waals surface area contributed by atoms with Gasteiger partial charge in [0, 0.05) is 14.1 Å². The van der Waals surface area contributed by atoms with Crippen molar-refractivity contribution in [1.29, 1.82) is 0 Å². The van der Waals surface area contributed by atoms with E-state index < -0.39 is 0 Å². The minimum absolute atomic E-state index is 0.128. The number of hydrazine groups is 1. The Labute approximate surface area is 94.2 Å². The number of hydrogen-bond acceptors (Lipinski definition) is 3. The summed E-state index contributed by atoms with van der Waals surface area (Å²) >= 11 is 5.89. The number of carbonyl (C=O) groups excluding carboxylic acids is 1. The van der Waals surface area contributed by atoms with Gasteiger partial charge in [-0.15, -0.1) is 0 Å². The van der Waals surface area contributed by atoms with Crippen LogP contribution in [0.3, 0.4) is 0 Å². The Kier molecular flexibility index (Phi) is 4.55. The van der Waals surface area contributed by atoms with E-state index in [9.17, 15) is 4.79 Å². The van der Waals surface area contributed by atoms with E-state index in [2.05, 4.69) is 10.7 Å². The monoisotopic (exact) mass is 227 g/mol. The molecule has 1 amide bonds. The van der Waals surface area contributed by atoms with Gasteiger partial charge in [0.25, 0.3) is 0 Å². The third-order valence-corrected chi connectivity index (χ3v) is 2.03. The maximum atomic E-state index is 11.4. The number of halogens is 1. The Morgan fingerprint density at radius 2 is 2.07 bits per heavy atom. The fourth-order valence-corrected chi connectivity index (χ4v) is 1.17. The molecule has 15 heavy (non-hydrogen) atoms. The molecule has 0 atom stereocenters. The van der Waals surface area contributed by atoms with E-state index in [1.807, 2.05) is 26.2 Å². The van der Waals surface area contributed by atoms with Crippen LogP contribution in [-0.4, -0.2) is 31.6 Å². The number of amides is 1. The maximum Gasteiger partial charge on any atom is 0.239 e. The molecule has 0 fully saturated rings. The van der Waals surface area contributed by atoms with Crippen molar-refractivity contribution in [2.45, 2.75) is 0 Å². The van der Waals surface area contributed by atoms with Crippen molar-refractivity contribution >= 4 is 23.2 Å². The van der Waals surface area contributed by atoms with Crippen LogP contribution in [0.5, 0.6) is 0 Å². The lowest BCUT2D eigenvalue weighted by atomic mass is 10.3. The van der Waals surface area contributed by atoms with Gasteiger partial charge in [-0.1, -0.05) is 23.7 Å². The van der Waals surface area contributed by atoms with Crippen molar-refractivity contribution in [2.24, 2.45) is 0 Å². The summed E-state index contributed by atoms with van der Waals surface area (Å²) in [5.74, 6) is -0.128. The summed E-state index contributed by atoms with van der Waals surface area (Å²) in [4.78, 5) is 11.4. The van der Waals surface area contributed by atoms with Gasteiger partial charge in [-0.2, -0.15) is 0 Å². The quantitative estimate of drug-likeness (QED) is 0.764. The van der Waals surface area contributed by atoms with Crippen LogP contribution in [0.2, 0.25) is 5.02 Å². The molecule has 0 radical (unpaired) electrons. The molecule has 0 bridgehead atoms. The first kappa shape index (κ1) is 12.0. The van der Waals surface area contributed by atoms with Crippen LogP contribution in [0.4, 0.5) is 5.69 Å². The number of nitrogens with zero attached hydrogens (tertiary/aromatic N) is 1. The Morgan fingerprint density at radius 3 is 2.67 bits per heavy atom. The molecule has 0 saturated heterocycles. The highest BCUT2D eigenvalue weighted by Gasteiger charge is 2.04. The fraction of sp³-hybridized carbons (Fsp3) is 0.300. The lowest BCUT2D eigenvalue weighted by Gasteiger charge is -2.12. The zero-order valence-corrected chi connectivity index (χ0v) is 9.51. The van der Waals surface area contributed by atoms with Crippen molar-refractivity contribution in [3.63, 3.8) is 0 Å². The van der Waals surface area contributed by atoms with Gasteiger partial charge >= 0.3 is 0 Å². The van der Waals surface area contributed by atoms with Gasteiger partial charge < -0.3 is 5.32 Å². The highest BCUT2D eigenvalue weighted by molar-refractivity contribution is 6.33. The van der Waals surface area contributed by atoms with Gasteiger partial charge in [-0.3, -0.25) is 9.80 Å².